The van der Waals surface area contributed by atoms with Crippen molar-refractivity contribution in [3.63, 3.8) is 0 Å². The van der Waals surface area contributed by atoms with Gasteiger partial charge in [0.05, 0.1) is 33.0 Å². The number of thiophene rings is 1. The fraction of sp³-hybridized carbons (Fsp3) is 0. The van der Waals surface area contributed by atoms with Gasteiger partial charge in [0.15, 0.2) is 0 Å². The van der Waals surface area contributed by atoms with E-state index in [1.165, 1.54) is 43.6 Å². The molecule has 238 valence electrons. The summed E-state index contributed by atoms with van der Waals surface area (Å²) in [7, 11) is 0. The van der Waals surface area contributed by atoms with E-state index in [9.17, 15) is 0 Å². The second-order valence-corrected chi connectivity index (χ2v) is 14.0. The van der Waals surface area contributed by atoms with Crippen LogP contribution in [0.1, 0.15) is 0 Å². The number of para-hydroxylation sites is 4. The van der Waals surface area contributed by atoms with Crippen molar-refractivity contribution < 1.29 is 0 Å². The van der Waals surface area contributed by atoms with E-state index in [0.29, 0.717) is 0 Å². The maximum atomic E-state index is 4.75. The van der Waals surface area contributed by atoms with Crippen molar-refractivity contribution >= 4 is 75.3 Å². The smallest absolute Gasteiger partial charge is 0.114 e. The van der Waals surface area contributed by atoms with E-state index in [4.69, 9.17) is 4.98 Å². The number of nitrogens with zero attached hydrogens (tertiary/aromatic N) is 5. The third-order valence-electron chi connectivity index (χ3n) is 10.2. The molecule has 0 saturated heterocycles. The van der Waals surface area contributed by atoms with Crippen LogP contribution in [-0.4, -0.2) is 24.3 Å². The van der Waals surface area contributed by atoms with Crippen molar-refractivity contribution in [3.05, 3.63) is 164 Å². The summed E-state index contributed by atoms with van der Waals surface area (Å²) in [4.78, 5) is 4.75. The highest BCUT2D eigenvalue weighted by Gasteiger charge is 2.19. The number of hydrogen-bond donors (Lipinski definition) is 0. The molecule has 6 aromatic carbocycles. The Hall–Kier alpha value is -6.63. The number of benzene rings is 6. The minimum atomic E-state index is 0.885. The first-order valence-electron chi connectivity index (χ1n) is 17.0. The van der Waals surface area contributed by atoms with Crippen LogP contribution >= 0.6 is 11.3 Å². The largest absolute Gasteiger partial charge is 0.309 e. The Bertz CT molecular complexity index is 2920. The quantitative estimate of drug-likeness (QED) is 0.187. The zero-order chi connectivity index (χ0) is 33.5. The summed E-state index contributed by atoms with van der Waals surface area (Å²) in [5, 5.41) is 15.1. The van der Waals surface area contributed by atoms with E-state index in [2.05, 4.69) is 165 Å². The standard InChI is InChI=1S/C45H27N5S/c1-3-11-30(12-4-1)49-39-17-9-7-15-32(39)34-23-28(19-21-41(34)49)36-25-46-26-38-43-45(51-44(36)38)37(27-47-48-43)29-20-22-42-35(24-29)33-16-8-10-18-40(33)50(42)31-13-5-2-6-14-31/h1-27H. The van der Waals surface area contributed by atoms with Crippen LogP contribution in [0.3, 0.4) is 0 Å². The van der Waals surface area contributed by atoms with E-state index in [1.807, 2.05) is 18.6 Å². The summed E-state index contributed by atoms with van der Waals surface area (Å²) in [5.41, 5.74) is 12.4. The minimum Gasteiger partial charge on any atom is -0.309 e. The van der Waals surface area contributed by atoms with Gasteiger partial charge in [0.1, 0.15) is 5.52 Å². The van der Waals surface area contributed by atoms with Crippen molar-refractivity contribution in [3.8, 4) is 33.6 Å². The van der Waals surface area contributed by atoms with Gasteiger partial charge in [0.2, 0.25) is 0 Å². The molecule has 0 spiro atoms. The average molecular weight is 670 g/mol. The lowest BCUT2D eigenvalue weighted by molar-refractivity contribution is 1.08. The van der Waals surface area contributed by atoms with Gasteiger partial charge in [0.25, 0.3) is 0 Å². The fourth-order valence-electron chi connectivity index (χ4n) is 7.89. The van der Waals surface area contributed by atoms with Crippen LogP contribution in [0.2, 0.25) is 0 Å². The highest BCUT2D eigenvalue weighted by atomic mass is 32.1. The molecule has 0 unspecified atom stereocenters. The second kappa shape index (κ2) is 10.9. The first-order valence-corrected chi connectivity index (χ1v) is 17.8. The third kappa shape index (κ3) is 4.17. The highest BCUT2D eigenvalue weighted by Crippen LogP contribution is 2.44. The summed E-state index contributed by atoms with van der Waals surface area (Å²) in [6.07, 6.45) is 5.84. The first kappa shape index (κ1) is 28.2. The lowest BCUT2D eigenvalue weighted by Gasteiger charge is -2.08. The molecule has 0 bridgehead atoms. The topological polar surface area (TPSA) is 48.5 Å². The van der Waals surface area contributed by atoms with Gasteiger partial charge in [-0.1, -0.05) is 84.9 Å². The molecule has 6 heteroatoms. The number of aromatic nitrogens is 5. The van der Waals surface area contributed by atoms with Crippen LogP contribution in [-0.2, 0) is 0 Å². The predicted molar refractivity (Wildman–Crippen MR) is 212 cm³/mol. The molecule has 0 aliphatic heterocycles. The van der Waals surface area contributed by atoms with Gasteiger partial charge in [-0.3, -0.25) is 4.98 Å². The minimum absolute atomic E-state index is 0.885. The fourth-order valence-corrected chi connectivity index (χ4v) is 9.16. The zero-order valence-corrected chi connectivity index (χ0v) is 28.0. The number of fused-ring (bicyclic) bond motifs is 9. The molecule has 5 aromatic heterocycles. The Balaban J connectivity index is 1.10. The molecule has 51 heavy (non-hydrogen) atoms. The molecule has 11 aromatic rings. The lowest BCUT2D eigenvalue weighted by atomic mass is 10.0. The van der Waals surface area contributed by atoms with Gasteiger partial charge in [0, 0.05) is 66.5 Å². The molecule has 0 saturated carbocycles. The monoisotopic (exact) mass is 669 g/mol. The molecule has 0 aliphatic rings. The van der Waals surface area contributed by atoms with Gasteiger partial charge in [-0.05, 0) is 71.8 Å². The molecule has 0 radical (unpaired) electrons. The molecule has 0 amide bonds. The van der Waals surface area contributed by atoms with Crippen LogP contribution < -0.4 is 0 Å². The molecule has 0 atom stereocenters. The van der Waals surface area contributed by atoms with E-state index in [0.717, 1.165) is 53.9 Å². The van der Waals surface area contributed by atoms with E-state index in [1.54, 1.807) is 11.3 Å². The summed E-state index contributed by atoms with van der Waals surface area (Å²) in [5.74, 6) is 0. The van der Waals surface area contributed by atoms with Gasteiger partial charge < -0.3 is 9.13 Å². The number of hydrogen-bond acceptors (Lipinski definition) is 4. The second-order valence-electron chi connectivity index (χ2n) is 12.9. The van der Waals surface area contributed by atoms with Crippen LogP contribution in [0.25, 0.3) is 97.5 Å². The molecule has 11 rings (SSSR count). The summed E-state index contributed by atoms with van der Waals surface area (Å²) >= 11 is 1.77. The third-order valence-corrected chi connectivity index (χ3v) is 11.4. The molecular formula is C45H27N5S. The van der Waals surface area contributed by atoms with Crippen LogP contribution in [0.5, 0.6) is 0 Å². The van der Waals surface area contributed by atoms with Crippen molar-refractivity contribution in [2.75, 3.05) is 0 Å². The van der Waals surface area contributed by atoms with Crippen LogP contribution in [0.4, 0.5) is 0 Å². The average Bonchev–Trinajstić information content (AvgIpc) is 3.86. The maximum Gasteiger partial charge on any atom is 0.114 e. The molecular weight excluding hydrogens is 643 g/mol. The molecule has 0 fully saturated rings. The van der Waals surface area contributed by atoms with Crippen molar-refractivity contribution in [2.24, 2.45) is 0 Å². The van der Waals surface area contributed by atoms with Gasteiger partial charge in [-0.2, -0.15) is 5.10 Å². The zero-order valence-electron chi connectivity index (χ0n) is 27.2. The molecule has 5 heterocycles. The van der Waals surface area contributed by atoms with Gasteiger partial charge in [-0.15, -0.1) is 16.4 Å². The molecule has 0 aliphatic carbocycles. The summed E-state index contributed by atoms with van der Waals surface area (Å²) in [6, 6.07) is 52.0. The predicted octanol–water partition coefficient (Wildman–Crippen LogP) is 11.8. The van der Waals surface area contributed by atoms with Gasteiger partial charge in [-0.25, -0.2) is 0 Å². The Labute approximate surface area is 296 Å². The van der Waals surface area contributed by atoms with Gasteiger partial charge >= 0.3 is 0 Å². The molecule has 5 nitrogen and oxygen atoms in total. The van der Waals surface area contributed by atoms with E-state index >= 15 is 0 Å². The summed E-state index contributed by atoms with van der Waals surface area (Å²) < 4.78 is 6.97. The number of pyridine rings is 1. The highest BCUT2D eigenvalue weighted by molar-refractivity contribution is 7.26. The van der Waals surface area contributed by atoms with Crippen molar-refractivity contribution in [1.29, 1.82) is 0 Å². The Kier molecular flexibility index (Phi) is 6.05. The SMILES string of the molecule is c1ccc(-n2c3ccccc3c3cc(-c4cncc5c4sc4c(-c6ccc7c(c6)c6ccccc6n7-c6ccccc6)cnnc45)ccc32)cc1. The van der Waals surface area contributed by atoms with Crippen molar-refractivity contribution in [2.45, 2.75) is 0 Å². The maximum absolute atomic E-state index is 4.75. The van der Waals surface area contributed by atoms with Crippen LogP contribution in [0, 0.1) is 0 Å². The first-order chi connectivity index (χ1) is 25.3. The van der Waals surface area contributed by atoms with Crippen LogP contribution in [0.15, 0.2) is 164 Å². The molecule has 0 N–H and O–H groups in total. The van der Waals surface area contributed by atoms with E-state index < -0.39 is 0 Å². The Morgan fingerprint density at radius 1 is 0.412 bits per heavy atom. The Morgan fingerprint density at radius 2 is 0.922 bits per heavy atom. The summed E-state index contributed by atoms with van der Waals surface area (Å²) in [6.45, 7) is 0. The lowest BCUT2D eigenvalue weighted by Crippen LogP contribution is -1.93. The Morgan fingerprint density at radius 3 is 1.51 bits per heavy atom. The number of rotatable bonds is 4. The van der Waals surface area contributed by atoms with E-state index in [-0.39, 0.29) is 0 Å². The van der Waals surface area contributed by atoms with Crippen molar-refractivity contribution in [1.82, 2.24) is 24.3 Å². The normalized spacial score (nSPS) is 11.9.